The zero-order valence-corrected chi connectivity index (χ0v) is 9.06. The minimum atomic E-state index is -0.432. The van der Waals surface area contributed by atoms with Crippen LogP contribution in [0.5, 0.6) is 5.75 Å². The molecule has 82 valence electrons. The van der Waals surface area contributed by atoms with E-state index in [2.05, 4.69) is 5.32 Å². The molecular formula is C11H13ClFNO. The van der Waals surface area contributed by atoms with Gasteiger partial charge in [-0.25, -0.2) is 4.39 Å². The maximum absolute atomic E-state index is 13.1. The van der Waals surface area contributed by atoms with Crippen molar-refractivity contribution < 1.29 is 9.13 Å². The van der Waals surface area contributed by atoms with Crippen molar-refractivity contribution in [2.45, 2.75) is 6.42 Å². The highest BCUT2D eigenvalue weighted by Gasteiger charge is 2.15. The maximum Gasteiger partial charge on any atom is 0.145 e. The van der Waals surface area contributed by atoms with Crippen molar-refractivity contribution in [1.82, 2.24) is 5.32 Å². The maximum atomic E-state index is 13.1. The summed E-state index contributed by atoms with van der Waals surface area (Å²) in [5, 5.41) is 3.38. The Morgan fingerprint density at radius 2 is 2.40 bits per heavy atom. The van der Waals surface area contributed by atoms with Gasteiger partial charge in [-0.1, -0.05) is 11.6 Å². The molecule has 2 nitrogen and oxygen atoms in total. The van der Waals surface area contributed by atoms with Gasteiger partial charge < -0.3 is 10.1 Å². The van der Waals surface area contributed by atoms with Crippen molar-refractivity contribution in [2.24, 2.45) is 5.92 Å². The van der Waals surface area contributed by atoms with E-state index in [-0.39, 0.29) is 5.02 Å². The van der Waals surface area contributed by atoms with Crippen LogP contribution in [-0.2, 0) is 0 Å². The number of hydrogen-bond acceptors (Lipinski definition) is 2. The number of ether oxygens (including phenoxy) is 1. The molecule has 0 amide bonds. The lowest BCUT2D eigenvalue weighted by atomic mass is 10.1. The van der Waals surface area contributed by atoms with Gasteiger partial charge in [-0.15, -0.1) is 0 Å². The predicted molar refractivity (Wildman–Crippen MR) is 57.9 cm³/mol. The van der Waals surface area contributed by atoms with Gasteiger partial charge in [0.1, 0.15) is 11.6 Å². The second-order valence-electron chi connectivity index (χ2n) is 3.75. The average molecular weight is 230 g/mol. The molecule has 15 heavy (non-hydrogen) atoms. The van der Waals surface area contributed by atoms with Crippen LogP contribution in [0, 0.1) is 11.7 Å². The molecule has 1 aromatic rings. The molecule has 1 unspecified atom stereocenters. The first-order valence-electron chi connectivity index (χ1n) is 5.04. The Balaban J connectivity index is 1.90. The zero-order valence-electron chi connectivity index (χ0n) is 8.30. The highest BCUT2D eigenvalue weighted by molar-refractivity contribution is 6.30. The number of benzene rings is 1. The van der Waals surface area contributed by atoms with E-state index in [1.54, 1.807) is 6.07 Å². The minimum Gasteiger partial charge on any atom is -0.493 e. The standard InChI is InChI=1S/C11H13ClFNO/c12-10-2-1-9(5-11(10)13)15-7-8-3-4-14-6-8/h1-2,5,8,14H,3-4,6-7H2. The third-order valence-corrected chi connectivity index (χ3v) is 2.85. The Morgan fingerprint density at radius 3 is 3.07 bits per heavy atom. The second-order valence-corrected chi connectivity index (χ2v) is 4.15. The molecule has 4 heteroatoms. The molecule has 0 radical (unpaired) electrons. The van der Waals surface area contributed by atoms with Gasteiger partial charge in [0.25, 0.3) is 0 Å². The third-order valence-electron chi connectivity index (χ3n) is 2.54. The topological polar surface area (TPSA) is 21.3 Å². The summed E-state index contributed by atoms with van der Waals surface area (Å²) >= 11 is 5.57. The summed E-state index contributed by atoms with van der Waals surface area (Å²) in [6.45, 7) is 2.66. The van der Waals surface area contributed by atoms with E-state index in [0.29, 0.717) is 18.3 Å². The fourth-order valence-electron chi connectivity index (χ4n) is 1.64. The number of halogens is 2. The van der Waals surface area contributed by atoms with Crippen LogP contribution in [0.15, 0.2) is 18.2 Å². The summed E-state index contributed by atoms with van der Waals surface area (Å²) < 4.78 is 18.5. The van der Waals surface area contributed by atoms with E-state index >= 15 is 0 Å². The van der Waals surface area contributed by atoms with Crippen molar-refractivity contribution in [3.05, 3.63) is 29.0 Å². The molecule has 1 aliphatic rings. The molecule has 0 aromatic heterocycles. The van der Waals surface area contributed by atoms with Crippen molar-refractivity contribution in [3.63, 3.8) is 0 Å². The van der Waals surface area contributed by atoms with E-state index in [4.69, 9.17) is 16.3 Å². The van der Waals surface area contributed by atoms with E-state index in [9.17, 15) is 4.39 Å². The molecule has 1 aromatic carbocycles. The summed E-state index contributed by atoms with van der Waals surface area (Å²) in [6, 6.07) is 4.53. The lowest BCUT2D eigenvalue weighted by Gasteiger charge is -2.10. The van der Waals surface area contributed by atoms with Crippen molar-refractivity contribution in [2.75, 3.05) is 19.7 Å². The Bertz CT molecular complexity index is 339. The lowest BCUT2D eigenvalue weighted by molar-refractivity contribution is 0.259. The van der Waals surface area contributed by atoms with Crippen LogP contribution in [0.2, 0.25) is 5.02 Å². The summed E-state index contributed by atoms with van der Waals surface area (Å²) in [5.74, 6) is 0.645. The molecular weight excluding hydrogens is 217 g/mol. The fraction of sp³-hybridized carbons (Fsp3) is 0.455. The van der Waals surface area contributed by atoms with Gasteiger partial charge in [-0.3, -0.25) is 0 Å². The monoisotopic (exact) mass is 229 g/mol. The first-order chi connectivity index (χ1) is 7.25. The quantitative estimate of drug-likeness (QED) is 0.860. The molecule has 1 aliphatic heterocycles. The smallest absolute Gasteiger partial charge is 0.145 e. The largest absolute Gasteiger partial charge is 0.493 e. The Hall–Kier alpha value is -0.800. The normalized spacial score (nSPS) is 20.5. The van der Waals surface area contributed by atoms with Gasteiger partial charge in [-0.05, 0) is 25.1 Å². The Labute approximate surface area is 93.4 Å². The third kappa shape index (κ3) is 2.83. The first-order valence-corrected chi connectivity index (χ1v) is 5.42. The molecule has 0 saturated carbocycles. The molecule has 1 heterocycles. The molecule has 1 N–H and O–H groups in total. The minimum absolute atomic E-state index is 0.130. The Morgan fingerprint density at radius 1 is 1.53 bits per heavy atom. The van der Waals surface area contributed by atoms with Gasteiger partial charge in [0, 0.05) is 18.5 Å². The van der Waals surface area contributed by atoms with Gasteiger partial charge in [0.2, 0.25) is 0 Å². The first kappa shape index (κ1) is 10.7. The second kappa shape index (κ2) is 4.81. The molecule has 1 saturated heterocycles. The van der Waals surface area contributed by atoms with Crippen molar-refractivity contribution in [3.8, 4) is 5.75 Å². The molecule has 0 bridgehead atoms. The van der Waals surface area contributed by atoms with Crippen LogP contribution < -0.4 is 10.1 Å². The molecule has 1 atom stereocenters. The Kier molecular flexibility index (Phi) is 3.44. The molecule has 1 fully saturated rings. The van der Waals surface area contributed by atoms with Crippen LogP contribution >= 0.6 is 11.6 Å². The van der Waals surface area contributed by atoms with Crippen molar-refractivity contribution in [1.29, 1.82) is 0 Å². The predicted octanol–water partition coefficient (Wildman–Crippen LogP) is 2.47. The highest BCUT2D eigenvalue weighted by Crippen LogP contribution is 2.21. The van der Waals surface area contributed by atoms with Crippen LogP contribution in [0.4, 0.5) is 4.39 Å². The van der Waals surface area contributed by atoms with Crippen LogP contribution in [0.3, 0.4) is 0 Å². The number of nitrogens with one attached hydrogen (secondary N) is 1. The number of rotatable bonds is 3. The van der Waals surface area contributed by atoms with Crippen molar-refractivity contribution >= 4 is 11.6 Å². The average Bonchev–Trinajstić information content (AvgIpc) is 2.73. The van der Waals surface area contributed by atoms with Gasteiger partial charge in [0.05, 0.1) is 11.6 Å². The lowest BCUT2D eigenvalue weighted by Crippen LogP contribution is -2.15. The highest BCUT2D eigenvalue weighted by atomic mass is 35.5. The molecule has 0 aliphatic carbocycles. The van der Waals surface area contributed by atoms with E-state index < -0.39 is 5.82 Å². The molecule has 2 rings (SSSR count). The molecule has 0 spiro atoms. The summed E-state index contributed by atoms with van der Waals surface area (Å²) in [5.41, 5.74) is 0. The van der Waals surface area contributed by atoms with Gasteiger partial charge in [0.15, 0.2) is 0 Å². The summed E-state index contributed by atoms with van der Waals surface area (Å²) in [6.07, 6.45) is 1.12. The van der Waals surface area contributed by atoms with E-state index in [1.807, 2.05) is 0 Å². The van der Waals surface area contributed by atoms with Crippen LogP contribution in [-0.4, -0.2) is 19.7 Å². The number of hydrogen-bond donors (Lipinski definition) is 1. The SMILES string of the molecule is Fc1cc(OCC2CCNC2)ccc1Cl. The summed E-state index contributed by atoms with van der Waals surface area (Å²) in [7, 11) is 0. The fourth-order valence-corrected chi connectivity index (χ4v) is 1.75. The van der Waals surface area contributed by atoms with Crippen LogP contribution in [0.25, 0.3) is 0 Å². The van der Waals surface area contributed by atoms with E-state index in [0.717, 1.165) is 19.5 Å². The summed E-state index contributed by atoms with van der Waals surface area (Å²) in [4.78, 5) is 0. The van der Waals surface area contributed by atoms with Gasteiger partial charge in [-0.2, -0.15) is 0 Å². The van der Waals surface area contributed by atoms with Crippen LogP contribution in [0.1, 0.15) is 6.42 Å². The zero-order chi connectivity index (χ0) is 10.7. The van der Waals surface area contributed by atoms with Gasteiger partial charge >= 0.3 is 0 Å². The van der Waals surface area contributed by atoms with E-state index in [1.165, 1.54) is 12.1 Å².